The zero-order valence-electron chi connectivity index (χ0n) is 13.4. The highest BCUT2D eigenvalue weighted by atomic mass is 79.9. The fourth-order valence-corrected chi connectivity index (χ4v) is 2.55. The van der Waals surface area contributed by atoms with E-state index in [0.29, 0.717) is 5.69 Å². The first-order valence-corrected chi connectivity index (χ1v) is 8.07. The van der Waals surface area contributed by atoms with Crippen molar-refractivity contribution in [2.75, 3.05) is 10.6 Å². The van der Waals surface area contributed by atoms with Crippen LogP contribution in [0.1, 0.15) is 23.1 Å². The summed E-state index contributed by atoms with van der Waals surface area (Å²) in [7, 11) is 0. The van der Waals surface area contributed by atoms with Gasteiger partial charge in [-0.25, -0.2) is 0 Å². The van der Waals surface area contributed by atoms with Gasteiger partial charge in [0, 0.05) is 15.8 Å². The van der Waals surface area contributed by atoms with Gasteiger partial charge in [-0.2, -0.15) is 0 Å². The highest BCUT2D eigenvalue weighted by Gasteiger charge is 2.11. The number of rotatable bonds is 4. The average Bonchev–Trinajstić information content (AvgIpc) is 2.46. The molecule has 120 valence electrons. The second kappa shape index (κ2) is 7.42. The Morgan fingerprint density at radius 1 is 0.913 bits per heavy atom. The fourth-order valence-electron chi connectivity index (χ4n) is 2.17. The zero-order chi connectivity index (χ0) is 17.0. The lowest BCUT2D eigenvalue weighted by Gasteiger charge is -2.10. The van der Waals surface area contributed by atoms with Crippen LogP contribution in [0.4, 0.5) is 11.4 Å². The van der Waals surface area contributed by atoms with Crippen LogP contribution >= 0.6 is 15.9 Å². The number of carbonyl (C=O) groups excluding carboxylic acids is 2. The van der Waals surface area contributed by atoms with Gasteiger partial charge in [0.1, 0.15) is 6.42 Å². The number of nitrogens with one attached hydrogen (secondary N) is 2. The normalized spacial score (nSPS) is 10.3. The summed E-state index contributed by atoms with van der Waals surface area (Å²) < 4.78 is 0.912. The summed E-state index contributed by atoms with van der Waals surface area (Å²) in [6.07, 6.45) is -0.223. The van der Waals surface area contributed by atoms with E-state index in [4.69, 9.17) is 0 Å². The molecule has 2 N–H and O–H groups in total. The summed E-state index contributed by atoms with van der Waals surface area (Å²) >= 11 is 3.41. The SMILES string of the molecule is Cc1ccc(NC(=O)CC(=O)Nc2ccc(C)c(Br)c2)c(C)c1. The standard InChI is InChI=1S/C18H19BrN2O2/c1-11-4-7-16(13(3)8-11)21-18(23)10-17(22)20-14-6-5-12(2)15(19)9-14/h4-9H,10H2,1-3H3,(H,20,22)(H,21,23). The van der Waals surface area contributed by atoms with Crippen molar-refractivity contribution in [2.24, 2.45) is 0 Å². The summed E-state index contributed by atoms with van der Waals surface area (Å²) in [5, 5.41) is 5.49. The van der Waals surface area contributed by atoms with Crippen molar-refractivity contribution < 1.29 is 9.59 Å². The van der Waals surface area contributed by atoms with Gasteiger partial charge in [-0.15, -0.1) is 0 Å². The molecule has 0 bridgehead atoms. The quantitative estimate of drug-likeness (QED) is 0.781. The summed E-state index contributed by atoms with van der Waals surface area (Å²) in [5.41, 5.74) is 4.57. The Kier molecular flexibility index (Phi) is 5.55. The van der Waals surface area contributed by atoms with Crippen LogP contribution in [0.25, 0.3) is 0 Å². The Labute approximate surface area is 144 Å². The molecule has 0 aliphatic carbocycles. The minimum atomic E-state index is -0.344. The lowest BCUT2D eigenvalue weighted by Crippen LogP contribution is -2.21. The lowest BCUT2D eigenvalue weighted by atomic mass is 10.1. The van der Waals surface area contributed by atoms with Gasteiger partial charge in [-0.05, 0) is 50.1 Å². The van der Waals surface area contributed by atoms with Crippen LogP contribution in [0.5, 0.6) is 0 Å². The monoisotopic (exact) mass is 374 g/mol. The number of amides is 2. The third-order valence-electron chi connectivity index (χ3n) is 3.43. The molecule has 23 heavy (non-hydrogen) atoms. The van der Waals surface area contributed by atoms with Gasteiger partial charge >= 0.3 is 0 Å². The molecule has 0 heterocycles. The largest absolute Gasteiger partial charge is 0.326 e. The Morgan fingerprint density at radius 3 is 2.26 bits per heavy atom. The summed E-state index contributed by atoms with van der Waals surface area (Å²) in [5.74, 6) is -0.677. The van der Waals surface area contributed by atoms with Crippen molar-refractivity contribution in [1.29, 1.82) is 0 Å². The van der Waals surface area contributed by atoms with Gasteiger partial charge in [0.05, 0.1) is 0 Å². The number of anilines is 2. The van der Waals surface area contributed by atoms with Gasteiger partial charge in [0.2, 0.25) is 11.8 Å². The van der Waals surface area contributed by atoms with Crippen LogP contribution in [0.3, 0.4) is 0 Å². The lowest BCUT2D eigenvalue weighted by molar-refractivity contribution is -0.123. The van der Waals surface area contributed by atoms with Crippen molar-refractivity contribution >= 4 is 39.1 Å². The van der Waals surface area contributed by atoms with E-state index in [-0.39, 0.29) is 18.2 Å². The molecule has 0 radical (unpaired) electrons. The van der Waals surface area contributed by atoms with Gasteiger partial charge in [0.15, 0.2) is 0 Å². The van der Waals surface area contributed by atoms with E-state index in [9.17, 15) is 9.59 Å². The molecular weight excluding hydrogens is 356 g/mol. The molecule has 0 saturated heterocycles. The Hall–Kier alpha value is -2.14. The Balaban J connectivity index is 1.94. The second-order valence-corrected chi connectivity index (χ2v) is 6.41. The number of hydrogen-bond donors (Lipinski definition) is 2. The molecule has 0 saturated carbocycles. The zero-order valence-corrected chi connectivity index (χ0v) is 15.0. The highest BCUT2D eigenvalue weighted by Crippen LogP contribution is 2.21. The van der Waals surface area contributed by atoms with Gasteiger partial charge in [-0.1, -0.05) is 39.7 Å². The Bertz CT molecular complexity index is 757. The minimum Gasteiger partial charge on any atom is -0.326 e. The number of carbonyl (C=O) groups is 2. The molecule has 0 fully saturated rings. The van der Waals surface area contributed by atoms with Crippen LogP contribution in [-0.2, 0) is 9.59 Å². The fraction of sp³-hybridized carbons (Fsp3) is 0.222. The van der Waals surface area contributed by atoms with E-state index < -0.39 is 0 Å². The smallest absolute Gasteiger partial charge is 0.233 e. The van der Waals surface area contributed by atoms with E-state index in [2.05, 4.69) is 26.6 Å². The van der Waals surface area contributed by atoms with Crippen molar-refractivity contribution in [3.05, 3.63) is 57.6 Å². The molecule has 0 aliphatic rings. The molecule has 0 spiro atoms. The maximum atomic E-state index is 12.0. The topological polar surface area (TPSA) is 58.2 Å². The third-order valence-corrected chi connectivity index (χ3v) is 4.29. The maximum absolute atomic E-state index is 12.0. The first-order valence-electron chi connectivity index (χ1n) is 7.28. The molecule has 4 nitrogen and oxygen atoms in total. The van der Waals surface area contributed by atoms with Crippen molar-refractivity contribution in [2.45, 2.75) is 27.2 Å². The third kappa shape index (κ3) is 4.93. The van der Waals surface area contributed by atoms with E-state index in [1.165, 1.54) is 0 Å². The molecule has 0 atom stereocenters. The van der Waals surface area contributed by atoms with Crippen LogP contribution in [0.15, 0.2) is 40.9 Å². The van der Waals surface area contributed by atoms with Crippen LogP contribution < -0.4 is 10.6 Å². The first-order chi connectivity index (χ1) is 10.8. The second-order valence-electron chi connectivity index (χ2n) is 5.56. The first kappa shape index (κ1) is 17.2. The molecule has 0 unspecified atom stereocenters. The molecule has 2 amide bonds. The molecule has 0 aromatic heterocycles. The van der Waals surface area contributed by atoms with Crippen molar-refractivity contribution in [3.63, 3.8) is 0 Å². The molecular formula is C18H19BrN2O2. The van der Waals surface area contributed by atoms with Gasteiger partial charge < -0.3 is 10.6 Å². The summed E-state index contributed by atoms with van der Waals surface area (Å²) in [6.45, 7) is 5.88. The van der Waals surface area contributed by atoms with Crippen LogP contribution in [0.2, 0.25) is 0 Å². The molecule has 0 aliphatic heterocycles. The average molecular weight is 375 g/mol. The van der Waals surface area contributed by atoms with E-state index in [1.54, 1.807) is 6.07 Å². The highest BCUT2D eigenvalue weighted by molar-refractivity contribution is 9.10. The van der Waals surface area contributed by atoms with Gasteiger partial charge in [-0.3, -0.25) is 9.59 Å². The summed E-state index contributed by atoms with van der Waals surface area (Å²) in [6, 6.07) is 11.3. The number of hydrogen-bond acceptors (Lipinski definition) is 2. The Morgan fingerprint density at radius 2 is 1.61 bits per heavy atom. The van der Waals surface area contributed by atoms with Crippen LogP contribution in [-0.4, -0.2) is 11.8 Å². The number of aryl methyl sites for hydroxylation is 3. The predicted molar refractivity (Wildman–Crippen MR) is 96.7 cm³/mol. The van der Waals surface area contributed by atoms with E-state index in [0.717, 1.165) is 26.9 Å². The molecule has 5 heteroatoms. The van der Waals surface area contributed by atoms with Crippen LogP contribution in [0, 0.1) is 20.8 Å². The molecule has 2 aromatic rings. The predicted octanol–water partition coefficient (Wildman–Crippen LogP) is 4.34. The maximum Gasteiger partial charge on any atom is 0.233 e. The van der Waals surface area contributed by atoms with Crippen molar-refractivity contribution in [1.82, 2.24) is 0 Å². The molecule has 2 rings (SSSR count). The summed E-state index contributed by atoms with van der Waals surface area (Å²) in [4.78, 5) is 24.0. The van der Waals surface area contributed by atoms with Gasteiger partial charge in [0.25, 0.3) is 0 Å². The molecule has 2 aromatic carbocycles. The number of benzene rings is 2. The number of halogens is 1. The van der Waals surface area contributed by atoms with E-state index >= 15 is 0 Å². The van der Waals surface area contributed by atoms with Crippen molar-refractivity contribution in [3.8, 4) is 0 Å². The minimum absolute atomic E-state index is 0.223. The van der Waals surface area contributed by atoms with E-state index in [1.807, 2.05) is 51.1 Å².